The average Bonchev–Trinajstić information content (AvgIpc) is 3.56. The number of carbonyl (C=O) groups excluding carboxylic acids is 1. The van der Waals surface area contributed by atoms with Crippen LogP contribution >= 0.6 is 0 Å². The van der Waals surface area contributed by atoms with Crippen LogP contribution in [0.4, 0.5) is 11.5 Å². The third-order valence-corrected chi connectivity index (χ3v) is 6.93. The lowest BCUT2D eigenvalue weighted by molar-refractivity contribution is 0.0961. The number of oxazole rings is 1. The Bertz CT molecular complexity index is 1460. The van der Waals surface area contributed by atoms with E-state index in [4.69, 9.17) is 4.42 Å². The van der Waals surface area contributed by atoms with Crippen LogP contribution in [-0.2, 0) is 0 Å². The second kappa shape index (κ2) is 9.44. The minimum atomic E-state index is -0.425. The van der Waals surface area contributed by atoms with E-state index < -0.39 is 5.91 Å². The average molecular weight is 481 g/mol. The molecule has 1 aliphatic heterocycles. The van der Waals surface area contributed by atoms with Crippen molar-refractivity contribution in [1.82, 2.24) is 14.9 Å². The number of carbonyl (C=O) groups is 1. The van der Waals surface area contributed by atoms with E-state index in [0.717, 1.165) is 41.9 Å². The van der Waals surface area contributed by atoms with Gasteiger partial charge in [-0.1, -0.05) is 36.4 Å². The zero-order valence-corrected chi connectivity index (χ0v) is 20.9. The van der Waals surface area contributed by atoms with Gasteiger partial charge >= 0.3 is 5.91 Å². The Hall–Kier alpha value is -4.22. The molecule has 1 saturated heterocycles. The van der Waals surface area contributed by atoms with E-state index in [1.165, 1.54) is 4.90 Å². The lowest BCUT2D eigenvalue weighted by Crippen LogP contribution is -2.31. The van der Waals surface area contributed by atoms with Crippen molar-refractivity contribution < 1.29 is 9.21 Å². The quantitative estimate of drug-likeness (QED) is 0.416. The molecule has 2 aromatic heterocycles. The minimum Gasteiger partial charge on any atom is -0.430 e. The van der Waals surface area contributed by atoms with Crippen molar-refractivity contribution in [2.24, 2.45) is 0 Å². The molecule has 4 aromatic rings. The largest absolute Gasteiger partial charge is 0.430 e. The van der Waals surface area contributed by atoms with Crippen molar-refractivity contribution in [3.8, 4) is 17.2 Å². The summed E-state index contributed by atoms with van der Waals surface area (Å²) >= 11 is 0. The molecule has 0 N–H and O–H groups in total. The van der Waals surface area contributed by atoms with E-state index in [1.807, 2.05) is 43.3 Å². The summed E-state index contributed by atoms with van der Waals surface area (Å²) in [5.74, 6) is -0.00451. The van der Waals surface area contributed by atoms with E-state index in [9.17, 15) is 10.1 Å². The molecule has 0 unspecified atom stereocenters. The fourth-order valence-corrected chi connectivity index (χ4v) is 4.90. The van der Waals surface area contributed by atoms with Crippen LogP contribution in [0, 0.1) is 18.3 Å². The first-order valence-corrected chi connectivity index (χ1v) is 11.9. The molecule has 1 atom stereocenters. The van der Waals surface area contributed by atoms with E-state index in [1.54, 1.807) is 25.4 Å². The maximum atomic E-state index is 13.4. The first-order valence-electron chi connectivity index (χ1n) is 11.9. The minimum absolute atomic E-state index is 0.0659. The second-order valence-electron chi connectivity index (χ2n) is 9.30. The number of benzene rings is 2. The van der Waals surface area contributed by atoms with Crippen molar-refractivity contribution in [3.63, 3.8) is 0 Å². The number of rotatable bonds is 5. The van der Waals surface area contributed by atoms with Gasteiger partial charge in [0, 0.05) is 37.9 Å². The van der Waals surface area contributed by atoms with Gasteiger partial charge in [0.05, 0.1) is 11.3 Å². The number of likely N-dealkylation sites (N-methyl/N-ethyl adjacent to an activating group) is 1. The molecule has 0 saturated carbocycles. The normalized spacial score (nSPS) is 15.4. The third-order valence-electron chi connectivity index (χ3n) is 6.93. The summed E-state index contributed by atoms with van der Waals surface area (Å²) in [4.78, 5) is 28.1. The molecule has 2 aromatic carbocycles. The Morgan fingerprint density at radius 1 is 1.14 bits per heavy atom. The van der Waals surface area contributed by atoms with Crippen molar-refractivity contribution in [2.75, 3.05) is 44.0 Å². The van der Waals surface area contributed by atoms with Gasteiger partial charge in [-0.2, -0.15) is 5.26 Å². The topological polar surface area (TPSA) is 89.5 Å². The summed E-state index contributed by atoms with van der Waals surface area (Å²) in [6, 6.07) is 18.1. The molecule has 5 rings (SSSR count). The Morgan fingerprint density at radius 2 is 1.89 bits per heavy atom. The number of fused-ring (bicyclic) bond motifs is 1. The molecule has 3 heterocycles. The van der Waals surface area contributed by atoms with Gasteiger partial charge in [0.25, 0.3) is 5.89 Å². The predicted octanol–water partition coefficient (Wildman–Crippen LogP) is 4.49. The molecular formula is C28H28N6O2. The maximum absolute atomic E-state index is 13.4. The van der Waals surface area contributed by atoms with Gasteiger partial charge in [-0.25, -0.2) is 9.97 Å². The highest BCUT2D eigenvalue weighted by Crippen LogP contribution is 2.44. The molecule has 0 radical (unpaired) electrons. The highest BCUT2D eigenvalue weighted by atomic mass is 16.4. The first-order chi connectivity index (χ1) is 17.4. The molecular weight excluding hydrogens is 452 g/mol. The molecule has 182 valence electrons. The number of amides is 1. The standard InChI is InChI=1S/C28H28N6O2/c1-18-21(16-29)24-26(36-27(31-24)28(35)33(4)22-12-8-9-14-30-22)25(23(18)19-10-6-5-7-11-19)34-15-13-20(17-34)32(2)3/h5-12,14,20H,13,15,17H2,1-4H3/t20-/m0/s1. The number of nitriles is 1. The Kier molecular flexibility index (Phi) is 6.17. The molecule has 36 heavy (non-hydrogen) atoms. The summed E-state index contributed by atoms with van der Waals surface area (Å²) < 4.78 is 6.23. The van der Waals surface area contributed by atoms with Crippen LogP contribution in [0.3, 0.4) is 0 Å². The van der Waals surface area contributed by atoms with Crippen LogP contribution in [-0.4, -0.2) is 61.0 Å². The zero-order chi connectivity index (χ0) is 25.4. The third kappa shape index (κ3) is 3.97. The van der Waals surface area contributed by atoms with E-state index in [0.29, 0.717) is 28.5 Å². The fourth-order valence-electron chi connectivity index (χ4n) is 4.90. The molecule has 0 aliphatic carbocycles. The number of aromatic nitrogens is 2. The van der Waals surface area contributed by atoms with Crippen molar-refractivity contribution >= 4 is 28.5 Å². The van der Waals surface area contributed by atoms with Gasteiger partial charge in [0.2, 0.25) is 0 Å². The molecule has 8 nitrogen and oxygen atoms in total. The number of pyridine rings is 1. The van der Waals surface area contributed by atoms with Crippen LogP contribution < -0.4 is 9.80 Å². The summed E-state index contributed by atoms with van der Waals surface area (Å²) in [6.07, 6.45) is 2.63. The number of anilines is 2. The van der Waals surface area contributed by atoms with Gasteiger partial charge < -0.3 is 14.2 Å². The first kappa shape index (κ1) is 23.5. The van der Waals surface area contributed by atoms with E-state index >= 15 is 0 Å². The molecule has 0 spiro atoms. The predicted molar refractivity (Wildman–Crippen MR) is 140 cm³/mol. The van der Waals surface area contributed by atoms with Crippen molar-refractivity contribution in [3.05, 3.63) is 71.7 Å². The Balaban J connectivity index is 1.73. The van der Waals surface area contributed by atoms with Gasteiger partial charge in [-0.15, -0.1) is 0 Å². The number of nitrogens with zero attached hydrogens (tertiary/aromatic N) is 6. The van der Waals surface area contributed by atoms with E-state index in [-0.39, 0.29) is 5.89 Å². The SMILES string of the molecule is Cc1c(-c2ccccc2)c(N2CC[C@H](N(C)C)C2)c2oc(C(=O)N(C)c3ccccn3)nc2c1C#N. The monoisotopic (exact) mass is 480 g/mol. The molecule has 1 fully saturated rings. The number of hydrogen-bond donors (Lipinski definition) is 0. The summed E-state index contributed by atoms with van der Waals surface area (Å²) in [7, 11) is 5.81. The lowest BCUT2D eigenvalue weighted by Gasteiger charge is -2.25. The fraction of sp³-hybridized carbons (Fsp3) is 0.286. The number of hydrogen-bond acceptors (Lipinski definition) is 7. The van der Waals surface area contributed by atoms with Crippen LogP contribution in [0.2, 0.25) is 0 Å². The van der Waals surface area contributed by atoms with E-state index in [2.05, 4.69) is 39.9 Å². The lowest BCUT2D eigenvalue weighted by atomic mass is 9.93. The highest BCUT2D eigenvalue weighted by Gasteiger charge is 2.33. The summed E-state index contributed by atoms with van der Waals surface area (Å²) in [5.41, 5.74) is 4.93. The Morgan fingerprint density at radius 3 is 2.53 bits per heavy atom. The smallest absolute Gasteiger partial charge is 0.315 e. The summed E-state index contributed by atoms with van der Waals surface area (Å²) in [6.45, 7) is 3.59. The maximum Gasteiger partial charge on any atom is 0.315 e. The second-order valence-corrected chi connectivity index (χ2v) is 9.30. The van der Waals surface area contributed by atoms with Crippen LogP contribution in [0.1, 0.15) is 28.2 Å². The molecule has 0 bridgehead atoms. The van der Waals surface area contributed by atoms with Crippen molar-refractivity contribution in [2.45, 2.75) is 19.4 Å². The summed E-state index contributed by atoms with van der Waals surface area (Å²) in [5, 5.41) is 10.1. The highest BCUT2D eigenvalue weighted by molar-refractivity contribution is 6.07. The van der Waals surface area contributed by atoms with Gasteiger partial charge in [-0.3, -0.25) is 9.69 Å². The van der Waals surface area contributed by atoms with Crippen molar-refractivity contribution in [1.29, 1.82) is 5.26 Å². The van der Waals surface area contributed by atoms with Crippen LogP contribution in [0.5, 0.6) is 0 Å². The van der Waals surface area contributed by atoms with Gasteiger partial charge in [0.1, 0.15) is 17.4 Å². The molecule has 1 aliphatic rings. The van der Waals surface area contributed by atoms with Gasteiger partial charge in [0.15, 0.2) is 5.58 Å². The molecule has 8 heteroatoms. The molecule has 1 amide bonds. The Labute approximate surface area is 210 Å². The zero-order valence-electron chi connectivity index (χ0n) is 20.9. The van der Waals surface area contributed by atoms with Crippen LogP contribution in [0.25, 0.3) is 22.2 Å². The van der Waals surface area contributed by atoms with Crippen LogP contribution in [0.15, 0.2) is 59.1 Å². The van der Waals surface area contributed by atoms with Gasteiger partial charge in [-0.05, 0) is 50.7 Å².